The summed E-state index contributed by atoms with van der Waals surface area (Å²) in [5.41, 5.74) is 3.74. The molecule has 1 aliphatic heterocycles. The Morgan fingerprint density at radius 2 is 1.60 bits per heavy atom. The highest BCUT2D eigenvalue weighted by Gasteiger charge is 2.18. The van der Waals surface area contributed by atoms with Gasteiger partial charge in [0.1, 0.15) is 13.2 Å². The third-order valence-electron chi connectivity index (χ3n) is 7.17. The van der Waals surface area contributed by atoms with Crippen LogP contribution in [0.5, 0.6) is 11.5 Å². The number of unbranched alkanes of at least 4 members (excludes halogenated alkanes) is 1. The summed E-state index contributed by atoms with van der Waals surface area (Å²) in [6.07, 6.45) is 1.44. The van der Waals surface area contributed by atoms with Crippen molar-refractivity contribution in [2.45, 2.75) is 26.7 Å². The fourth-order valence-electron chi connectivity index (χ4n) is 5.01. The number of aromatic nitrogens is 2. The summed E-state index contributed by atoms with van der Waals surface area (Å²) in [5, 5.41) is 14.2. The molecule has 1 aliphatic rings. The van der Waals surface area contributed by atoms with E-state index >= 15 is 0 Å². The van der Waals surface area contributed by atoms with Crippen molar-refractivity contribution in [3.63, 3.8) is 0 Å². The first-order valence-electron chi connectivity index (χ1n) is 14.7. The van der Waals surface area contributed by atoms with E-state index in [-0.39, 0.29) is 30.2 Å². The number of carbonyl (C=O) groups excluding carboxylic acids is 3. The molecule has 3 amide bonds. The highest BCUT2D eigenvalue weighted by atomic mass is 16.6. The lowest BCUT2D eigenvalue weighted by molar-refractivity contribution is -0.130. The number of carbonyl (C=O) groups is 3. The van der Waals surface area contributed by atoms with Gasteiger partial charge < -0.3 is 25.0 Å². The van der Waals surface area contributed by atoms with Gasteiger partial charge in [-0.2, -0.15) is 5.10 Å². The normalized spacial score (nSPS) is 12.3. The fourth-order valence-corrected chi connectivity index (χ4v) is 5.01. The van der Waals surface area contributed by atoms with Gasteiger partial charge in [0, 0.05) is 41.7 Å². The molecular formula is C33H37N5O5. The molecule has 0 atom stereocenters. The molecule has 0 unspecified atom stereocenters. The highest BCUT2D eigenvalue weighted by Crippen LogP contribution is 2.30. The van der Waals surface area contributed by atoms with E-state index in [4.69, 9.17) is 9.47 Å². The number of benzene rings is 3. The van der Waals surface area contributed by atoms with E-state index in [0.29, 0.717) is 61.9 Å². The van der Waals surface area contributed by atoms with E-state index in [2.05, 4.69) is 20.8 Å². The van der Waals surface area contributed by atoms with Crippen LogP contribution in [0.1, 0.15) is 47.4 Å². The number of fused-ring (bicyclic) bond motifs is 2. The van der Waals surface area contributed by atoms with E-state index in [9.17, 15) is 14.4 Å². The van der Waals surface area contributed by atoms with Crippen molar-refractivity contribution in [1.82, 2.24) is 25.7 Å². The zero-order valence-corrected chi connectivity index (χ0v) is 24.5. The van der Waals surface area contributed by atoms with Crippen molar-refractivity contribution in [2.75, 3.05) is 39.4 Å². The number of amides is 3. The third-order valence-corrected chi connectivity index (χ3v) is 7.17. The number of nitrogens with zero attached hydrogens (tertiary/aromatic N) is 2. The van der Waals surface area contributed by atoms with Gasteiger partial charge in [-0.25, -0.2) is 0 Å². The Balaban J connectivity index is 1.06. The molecule has 0 bridgehead atoms. The molecule has 1 aromatic heterocycles. The maximum absolute atomic E-state index is 13.0. The van der Waals surface area contributed by atoms with Crippen molar-refractivity contribution >= 4 is 28.6 Å². The quantitative estimate of drug-likeness (QED) is 0.212. The monoisotopic (exact) mass is 583 g/mol. The van der Waals surface area contributed by atoms with Gasteiger partial charge in [0.25, 0.3) is 11.8 Å². The van der Waals surface area contributed by atoms with Gasteiger partial charge in [-0.05, 0) is 55.2 Å². The van der Waals surface area contributed by atoms with E-state index in [1.54, 1.807) is 35.2 Å². The number of nitrogens with one attached hydrogen (secondary N) is 3. The molecule has 0 spiro atoms. The number of ether oxygens (including phenoxy) is 2. The van der Waals surface area contributed by atoms with Crippen LogP contribution in [0.15, 0.2) is 66.7 Å². The molecular weight excluding hydrogens is 546 g/mol. The van der Waals surface area contributed by atoms with Crippen LogP contribution < -0.4 is 20.1 Å². The minimum Gasteiger partial charge on any atom is -0.486 e. The SMILES string of the molecule is CC(C)CN(CCCCNC(=O)c1ccc(-c2n[nH]c3ccccc23)cc1)C(=O)CNC(=O)c1ccc2c(c1)OCCO2. The van der Waals surface area contributed by atoms with Crippen LogP contribution in [0.3, 0.4) is 0 Å². The molecule has 0 fully saturated rings. The summed E-state index contributed by atoms with van der Waals surface area (Å²) in [5.74, 6) is 0.778. The molecule has 3 aromatic carbocycles. The lowest BCUT2D eigenvalue weighted by Gasteiger charge is -2.25. The van der Waals surface area contributed by atoms with Crippen molar-refractivity contribution in [1.29, 1.82) is 0 Å². The summed E-state index contributed by atoms with van der Waals surface area (Å²) in [7, 11) is 0. The number of para-hydroxylation sites is 1. The average molecular weight is 584 g/mol. The molecule has 0 radical (unpaired) electrons. The molecule has 4 aromatic rings. The van der Waals surface area contributed by atoms with Crippen LogP contribution in [0.25, 0.3) is 22.2 Å². The maximum Gasteiger partial charge on any atom is 0.251 e. The Morgan fingerprint density at radius 1 is 0.884 bits per heavy atom. The predicted octanol–water partition coefficient (Wildman–Crippen LogP) is 4.43. The van der Waals surface area contributed by atoms with Crippen LogP contribution in [-0.2, 0) is 4.79 Å². The van der Waals surface area contributed by atoms with Gasteiger partial charge in [0.2, 0.25) is 5.91 Å². The number of rotatable bonds is 12. The van der Waals surface area contributed by atoms with Gasteiger partial charge in [-0.1, -0.05) is 44.2 Å². The summed E-state index contributed by atoms with van der Waals surface area (Å²) >= 11 is 0. The largest absolute Gasteiger partial charge is 0.486 e. The van der Waals surface area contributed by atoms with Crippen LogP contribution in [0.4, 0.5) is 0 Å². The Kier molecular flexibility index (Phi) is 9.56. The second-order valence-corrected chi connectivity index (χ2v) is 10.9. The molecule has 3 N–H and O–H groups in total. The van der Waals surface area contributed by atoms with Crippen molar-refractivity contribution in [2.24, 2.45) is 5.92 Å². The Morgan fingerprint density at radius 3 is 2.40 bits per heavy atom. The van der Waals surface area contributed by atoms with E-state index in [1.165, 1.54) is 0 Å². The molecule has 10 heteroatoms. The average Bonchev–Trinajstić information content (AvgIpc) is 3.46. The Bertz CT molecular complexity index is 1580. The Labute approximate surface area is 250 Å². The highest BCUT2D eigenvalue weighted by molar-refractivity contribution is 5.97. The van der Waals surface area contributed by atoms with Crippen molar-refractivity contribution < 1.29 is 23.9 Å². The standard InChI is InChI=1S/C33H37N5O5/c1-22(2)21-38(30(39)20-35-33(41)25-13-14-28-29(19-25)43-18-17-42-28)16-6-5-15-34-32(40)24-11-9-23(10-12-24)31-26-7-3-4-8-27(26)36-37-31/h3-4,7-14,19,22H,5-6,15-18,20-21H2,1-2H3,(H,34,40)(H,35,41)(H,36,37). The lowest BCUT2D eigenvalue weighted by Crippen LogP contribution is -2.42. The van der Waals surface area contributed by atoms with E-state index < -0.39 is 0 Å². The summed E-state index contributed by atoms with van der Waals surface area (Å²) in [6, 6.07) is 20.3. The van der Waals surface area contributed by atoms with Gasteiger partial charge >= 0.3 is 0 Å². The van der Waals surface area contributed by atoms with Gasteiger partial charge in [-0.15, -0.1) is 0 Å². The second kappa shape index (κ2) is 13.9. The van der Waals surface area contributed by atoms with Gasteiger partial charge in [-0.3, -0.25) is 19.5 Å². The van der Waals surface area contributed by atoms with E-state index in [0.717, 1.165) is 28.6 Å². The van der Waals surface area contributed by atoms with Gasteiger partial charge in [0.15, 0.2) is 11.5 Å². The van der Waals surface area contributed by atoms with E-state index in [1.807, 2.05) is 50.2 Å². The molecule has 0 saturated carbocycles. The molecule has 224 valence electrons. The molecule has 10 nitrogen and oxygen atoms in total. The fraction of sp³-hybridized carbons (Fsp3) is 0.333. The first-order valence-corrected chi connectivity index (χ1v) is 14.7. The number of H-pyrrole nitrogens is 1. The summed E-state index contributed by atoms with van der Waals surface area (Å²) < 4.78 is 11.0. The van der Waals surface area contributed by atoms with Crippen LogP contribution in [-0.4, -0.2) is 72.2 Å². The zero-order chi connectivity index (χ0) is 30.2. The predicted molar refractivity (Wildman–Crippen MR) is 164 cm³/mol. The summed E-state index contributed by atoms with van der Waals surface area (Å²) in [6.45, 7) is 6.53. The number of aromatic amines is 1. The third kappa shape index (κ3) is 7.51. The molecule has 0 saturated heterocycles. The summed E-state index contributed by atoms with van der Waals surface area (Å²) in [4.78, 5) is 40.1. The zero-order valence-electron chi connectivity index (χ0n) is 24.5. The van der Waals surface area contributed by atoms with Crippen LogP contribution >= 0.6 is 0 Å². The molecule has 2 heterocycles. The van der Waals surface area contributed by atoms with Crippen LogP contribution in [0, 0.1) is 5.92 Å². The second-order valence-electron chi connectivity index (χ2n) is 10.9. The molecule has 5 rings (SSSR count). The first-order chi connectivity index (χ1) is 20.9. The Hall–Kier alpha value is -4.86. The smallest absolute Gasteiger partial charge is 0.251 e. The maximum atomic E-state index is 13.0. The van der Waals surface area contributed by atoms with Gasteiger partial charge in [0.05, 0.1) is 17.8 Å². The first kappa shape index (κ1) is 29.6. The van der Waals surface area contributed by atoms with Crippen molar-refractivity contribution in [3.05, 3.63) is 77.9 Å². The van der Waals surface area contributed by atoms with Crippen molar-refractivity contribution in [3.8, 4) is 22.8 Å². The minimum absolute atomic E-state index is 0.0964. The molecule has 0 aliphatic carbocycles. The minimum atomic E-state index is -0.344. The molecule has 43 heavy (non-hydrogen) atoms. The number of hydrogen-bond acceptors (Lipinski definition) is 6. The number of hydrogen-bond donors (Lipinski definition) is 3. The topological polar surface area (TPSA) is 126 Å². The lowest BCUT2D eigenvalue weighted by atomic mass is 10.1. The van der Waals surface area contributed by atoms with Crippen LogP contribution in [0.2, 0.25) is 0 Å².